The summed E-state index contributed by atoms with van der Waals surface area (Å²) in [5.41, 5.74) is 3.62. The van der Waals surface area contributed by atoms with Gasteiger partial charge in [-0.1, -0.05) is 46.8 Å². The summed E-state index contributed by atoms with van der Waals surface area (Å²) in [7, 11) is 0. The normalized spacial score (nSPS) is 10.9. The number of anilines is 2. The molecule has 0 saturated carbocycles. The first-order chi connectivity index (χ1) is 14.9. The number of fused-ring (bicyclic) bond motifs is 1. The molecule has 2 N–H and O–H groups in total. The molecule has 2 amide bonds. The van der Waals surface area contributed by atoms with Crippen molar-refractivity contribution < 1.29 is 4.79 Å². The van der Waals surface area contributed by atoms with Crippen molar-refractivity contribution in [3.05, 3.63) is 74.8 Å². The predicted octanol–water partition coefficient (Wildman–Crippen LogP) is 4.75. The minimum atomic E-state index is -0.433. The Morgan fingerprint density at radius 2 is 2.00 bits per heavy atom. The molecule has 0 aliphatic rings. The maximum Gasteiger partial charge on any atom is 0.325 e. The van der Waals surface area contributed by atoms with E-state index in [4.69, 9.17) is 11.6 Å². The van der Waals surface area contributed by atoms with Gasteiger partial charge in [-0.05, 0) is 43.2 Å². The largest absolute Gasteiger partial charge is 0.325 e. The minimum absolute atomic E-state index is 0.128. The topological polar surface area (TPSA) is 101 Å². The van der Waals surface area contributed by atoms with Crippen LogP contribution in [0.2, 0.25) is 5.02 Å². The molecule has 8 nitrogen and oxygen atoms in total. The number of aryl methyl sites for hydroxylation is 2. The molecule has 0 radical (unpaired) electrons. The number of carbonyl (C=O) groups is 1. The quantitative estimate of drug-likeness (QED) is 0.321. The lowest BCUT2D eigenvalue weighted by Gasteiger charge is -2.08. The van der Waals surface area contributed by atoms with Gasteiger partial charge in [0.25, 0.3) is 5.56 Å². The highest BCUT2D eigenvalue weighted by molar-refractivity contribution is 8.00. The number of urea groups is 1. The summed E-state index contributed by atoms with van der Waals surface area (Å²) in [6.45, 7) is 3.80. The fourth-order valence-corrected chi connectivity index (χ4v) is 4.58. The van der Waals surface area contributed by atoms with Crippen LogP contribution in [-0.4, -0.2) is 25.6 Å². The van der Waals surface area contributed by atoms with Crippen molar-refractivity contribution in [1.82, 2.24) is 19.6 Å². The van der Waals surface area contributed by atoms with Gasteiger partial charge in [0.05, 0.1) is 5.69 Å². The summed E-state index contributed by atoms with van der Waals surface area (Å²) >= 11 is 8.61. The van der Waals surface area contributed by atoms with Gasteiger partial charge in [-0.25, -0.2) is 9.78 Å². The van der Waals surface area contributed by atoms with Crippen LogP contribution < -0.4 is 16.2 Å². The van der Waals surface area contributed by atoms with Crippen molar-refractivity contribution >= 4 is 57.2 Å². The number of halogens is 1. The van der Waals surface area contributed by atoms with Crippen molar-refractivity contribution in [2.24, 2.45) is 0 Å². The number of hydrogen-bond acceptors (Lipinski definition) is 7. The van der Waals surface area contributed by atoms with Crippen LogP contribution >= 0.6 is 34.7 Å². The smallest absolute Gasteiger partial charge is 0.307 e. The molecule has 0 spiro atoms. The number of benzene rings is 1. The molecule has 3 heterocycles. The average Bonchev–Trinajstić information content (AvgIpc) is 3.17. The van der Waals surface area contributed by atoms with E-state index in [1.165, 1.54) is 33.6 Å². The number of nitrogens with zero attached hydrogens (tertiary/aromatic N) is 4. The third-order valence-electron chi connectivity index (χ3n) is 4.28. The average molecular weight is 473 g/mol. The van der Waals surface area contributed by atoms with Gasteiger partial charge < -0.3 is 5.32 Å². The number of pyridine rings is 1. The zero-order valence-electron chi connectivity index (χ0n) is 16.5. The monoisotopic (exact) mass is 472 g/mol. The van der Waals surface area contributed by atoms with E-state index < -0.39 is 6.03 Å². The molecule has 3 aromatic heterocycles. The van der Waals surface area contributed by atoms with Gasteiger partial charge in [0.2, 0.25) is 5.13 Å². The third kappa shape index (κ3) is 5.22. The summed E-state index contributed by atoms with van der Waals surface area (Å²) in [4.78, 5) is 29.1. The summed E-state index contributed by atoms with van der Waals surface area (Å²) in [5.74, 6) is 0.460. The molecule has 0 aliphatic heterocycles. The first-order valence-electron chi connectivity index (χ1n) is 9.17. The highest BCUT2D eigenvalue weighted by Crippen LogP contribution is 2.28. The van der Waals surface area contributed by atoms with Gasteiger partial charge >= 0.3 is 6.03 Å². The lowest BCUT2D eigenvalue weighted by atomic mass is 10.2. The Morgan fingerprint density at radius 1 is 1.16 bits per heavy atom. The van der Waals surface area contributed by atoms with Crippen LogP contribution in [0.1, 0.15) is 16.8 Å². The van der Waals surface area contributed by atoms with E-state index in [1.807, 2.05) is 32.0 Å². The van der Waals surface area contributed by atoms with Crippen molar-refractivity contribution in [1.29, 1.82) is 0 Å². The second kappa shape index (κ2) is 9.04. The minimum Gasteiger partial charge on any atom is -0.307 e. The summed E-state index contributed by atoms with van der Waals surface area (Å²) in [6, 6.07) is 10.1. The van der Waals surface area contributed by atoms with Crippen LogP contribution in [0.3, 0.4) is 0 Å². The van der Waals surface area contributed by atoms with E-state index in [9.17, 15) is 9.59 Å². The van der Waals surface area contributed by atoms with Crippen molar-refractivity contribution in [3.8, 4) is 0 Å². The molecular formula is C20H17ClN6O2S2. The highest BCUT2D eigenvalue weighted by Gasteiger charge is 2.11. The van der Waals surface area contributed by atoms with Gasteiger partial charge in [0.1, 0.15) is 5.65 Å². The number of thioether (sulfide) groups is 1. The Labute approximate surface area is 190 Å². The zero-order chi connectivity index (χ0) is 22.0. The molecule has 0 saturated heterocycles. The second-order valence-electron chi connectivity index (χ2n) is 6.72. The van der Waals surface area contributed by atoms with Crippen LogP contribution in [0, 0.1) is 13.8 Å². The van der Waals surface area contributed by atoms with Gasteiger partial charge in [-0.2, -0.15) is 0 Å². The van der Waals surface area contributed by atoms with Crippen LogP contribution in [0.25, 0.3) is 5.65 Å². The van der Waals surface area contributed by atoms with Gasteiger partial charge in [0, 0.05) is 28.7 Å². The number of nitrogens with one attached hydrogen (secondary N) is 2. The van der Waals surface area contributed by atoms with E-state index in [1.54, 1.807) is 18.3 Å². The Bertz CT molecular complexity index is 1340. The molecule has 0 fully saturated rings. The van der Waals surface area contributed by atoms with Crippen LogP contribution in [0.5, 0.6) is 0 Å². The van der Waals surface area contributed by atoms with Crippen LogP contribution in [-0.2, 0) is 5.75 Å². The molecule has 31 heavy (non-hydrogen) atoms. The predicted molar refractivity (Wildman–Crippen MR) is 124 cm³/mol. The lowest BCUT2D eigenvalue weighted by molar-refractivity contribution is 0.262. The summed E-state index contributed by atoms with van der Waals surface area (Å²) in [6.07, 6.45) is 1.76. The van der Waals surface area contributed by atoms with Crippen LogP contribution in [0.15, 0.2) is 51.7 Å². The molecule has 0 atom stereocenters. The van der Waals surface area contributed by atoms with E-state index in [0.717, 1.165) is 11.1 Å². The molecule has 4 rings (SSSR count). The summed E-state index contributed by atoms with van der Waals surface area (Å²) in [5, 5.41) is 14.4. The Kier molecular flexibility index (Phi) is 6.21. The van der Waals surface area contributed by atoms with Crippen molar-refractivity contribution in [2.75, 3.05) is 10.6 Å². The van der Waals surface area contributed by atoms with E-state index in [2.05, 4.69) is 25.8 Å². The molecule has 158 valence electrons. The van der Waals surface area contributed by atoms with E-state index >= 15 is 0 Å². The molecule has 11 heteroatoms. The second-order valence-corrected chi connectivity index (χ2v) is 9.36. The third-order valence-corrected chi connectivity index (χ3v) is 6.52. The fraction of sp³-hybridized carbons (Fsp3) is 0.150. The molecule has 0 bridgehead atoms. The Hall–Kier alpha value is -2.95. The number of hydrogen-bond donors (Lipinski definition) is 2. The fourth-order valence-electron chi connectivity index (χ4n) is 2.77. The van der Waals surface area contributed by atoms with Crippen molar-refractivity contribution in [2.45, 2.75) is 23.9 Å². The van der Waals surface area contributed by atoms with Gasteiger partial charge in [0.15, 0.2) is 4.34 Å². The first-order valence-corrected chi connectivity index (χ1v) is 11.3. The molecule has 1 aromatic carbocycles. The standard InChI is InChI=1S/C20H17ClN6O2S2/c1-11-3-6-16-22-14(8-17(28)27(16)9-11)10-30-20-26-25-19(31-20)24-18(29)23-15-7-13(21)5-4-12(15)2/h3-9H,10H2,1-2H3,(H2,23,24,25,29). The Balaban J connectivity index is 1.38. The molecular weight excluding hydrogens is 456 g/mol. The van der Waals surface area contributed by atoms with Gasteiger partial charge in [-0.3, -0.25) is 14.5 Å². The molecule has 0 aliphatic carbocycles. The van der Waals surface area contributed by atoms with E-state index in [0.29, 0.717) is 37.3 Å². The van der Waals surface area contributed by atoms with Crippen molar-refractivity contribution in [3.63, 3.8) is 0 Å². The Morgan fingerprint density at radius 3 is 2.84 bits per heavy atom. The SMILES string of the molecule is Cc1ccc2nc(CSc3nnc(NC(=O)Nc4cc(Cl)ccc4C)s3)cc(=O)n2c1. The number of amides is 2. The molecule has 0 unspecified atom stereocenters. The highest BCUT2D eigenvalue weighted by atomic mass is 35.5. The lowest BCUT2D eigenvalue weighted by Crippen LogP contribution is -2.19. The number of rotatable bonds is 5. The zero-order valence-corrected chi connectivity index (χ0v) is 18.9. The number of aromatic nitrogens is 4. The number of carbonyl (C=O) groups excluding carboxylic acids is 1. The first kappa shape index (κ1) is 21.3. The van der Waals surface area contributed by atoms with E-state index in [-0.39, 0.29) is 5.56 Å². The maximum absolute atomic E-state index is 12.3. The summed E-state index contributed by atoms with van der Waals surface area (Å²) < 4.78 is 2.18. The molecule has 4 aromatic rings. The van der Waals surface area contributed by atoms with Gasteiger partial charge in [-0.15, -0.1) is 10.2 Å². The van der Waals surface area contributed by atoms with Crippen LogP contribution in [0.4, 0.5) is 15.6 Å². The maximum atomic E-state index is 12.3.